The molecule has 17 heavy (non-hydrogen) atoms. The number of hydrazone groups is 1. The second-order valence-corrected chi connectivity index (χ2v) is 4.18. The molecule has 0 aromatic heterocycles. The number of anilines is 1. The summed E-state index contributed by atoms with van der Waals surface area (Å²) >= 11 is 0. The van der Waals surface area contributed by atoms with E-state index in [-0.39, 0.29) is 6.61 Å². The Kier molecular flexibility index (Phi) is 4.38. The maximum absolute atomic E-state index is 8.58. The van der Waals surface area contributed by atoms with E-state index in [1.54, 1.807) is 6.21 Å². The summed E-state index contributed by atoms with van der Waals surface area (Å²) in [6, 6.07) is 8.41. The first kappa shape index (κ1) is 11.9. The summed E-state index contributed by atoms with van der Waals surface area (Å²) in [5, 5.41) is 12.6. The van der Waals surface area contributed by atoms with Crippen LogP contribution < -0.4 is 10.3 Å². The van der Waals surface area contributed by atoms with Crippen LogP contribution in [0.15, 0.2) is 29.4 Å². The van der Waals surface area contributed by atoms with Gasteiger partial charge in [-0.05, 0) is 30.5 Å². The molecular weight excluding hydrogens is 214 g/mol. The molecule has 2 rings (SSSR count). The van der Waals surface area contributed by atoms with Crippen molar-refractivity contribution in [3.8, 4) is 0 Å². The summed E-state index contributed by atoms with van der Waals surface area (Å²) < 4.78 is 0. The fourth-order valence-corrected chi connectivity index (χ4v) is 1.98. The molecule has 0 atom stereocenters. The topological polar surface area (TPSA) is 47.9 Å². The van der Waals surface area contributed by atoms with Gasteiger partial charge < -0.3 is 15.4 Å². The minimum atomic E-state index is 0.102. The second kappa shape index (κ2) is 6.25. The maximum Gasteiger partial charge on any atom is 0.0620 e. The highest BCUT2D eigenvalue weighted by Crippen LogP contribution is 2.19. The van der Waals surface area contributed by atoms with Crippen molar-refractivity contribution in [2.75, 3.05) is 31.1 Å². The van der Waals surface area contributed by atoms with E-state index in [9.17, 15) is 0 Å². The predicted octanol–water partition coefficient (Wildman–Crippen LogP) is 1.20. The van der Waals surface area contributed by atoms with Crippen molar-refractivity contribution in [2.24, 2.45) is 5.10 Å². The quantitative estimate of drug-likeness (QED) is 0.456. The molecule has 4 nitrogen and oxygen atoms in total. The zero-order valence-electron chi connectivity index (χ0n) is 9.97. The first-order valence-electron chi connectivity index (χ1n) is 6.12. The van der Waals surface area contributed by atoms with Crippen LogP contribution in [0.4, 0.5) is 5.69 Å². The largest absolute Gasteiger partial charge is 0.394 e. The van der Waals surface area contributed by atoms with Crippen LogP contribution in [0.5, 0.6) is 0 Å². The lowest BCUT2D eigenvalue weighted by atomic mass is 10.2. The molecule has 1 aliphatic heterocycles. The maximum atomic E-state index is 8.58. The molecule has 0 saturated carbocycles. The van der Waals surface area contributed by atoms with Crippen LogP contribution in [0, 0.1) is 0 Å². The van der Waals surface area contributed by atoms with E-state index >= 15 is 0 Å². The van der Waals surface area contributed by atoms with Crippen LogP contribution in [0.2, 0.25) is 0 Å². The number of aliphatic hydroxyl groups excluding tert-OH is 1. The van der Waals surface area contributed by atoms with Crippen LogP contribution in [-0.4, -0.2) is 37.6 Å². The molecule has 1 saturated heterocycles. The van der Waals surface area contributed by atoms with Gasteiger partial charge in [-0.2, -0.15) is 5.10 Å². The lowest BCUT2D eigenvalue weighted by Gasteiger charge is -2.17. The van der Waals surface area contributed by atoms with Gasteiger partial charge in [-0.3, -0.25) is 0 Å². The van der Waals surface area contributed by atoms with Crippen LogP contribution >= 0.6 is 0 Å². The number of benzene rings is 1. The smallest absolute Gasteiger partial charge is 0.0620 e. The number of aliphatic hydroxyl groups is 1. The summed E-state index contributed by atoms with van der Waals surface area (Å²) in [5.41, 5.74) is 5.12. The standard InChI is InChI=1S/C13H19N3O/c17-10-7-14-15-11-12-3-5-13(6-4-12)16-8-1-2-9-16/h3-6,11,14,17H,1-2,7-10H2. The molecule has 0 radical (unpaired) electrons. The van der Waals surface area contributed by atoms with Crippen molar-refractivity contribution in [1.82, 2.24) is 5.43 Å². The Bertz CT molecular complexity index is 355. The van der Waals surface area contributed by atoms with E-state index in [1.165, 1.54) is 31.6 Å². The normalized spacial score (nSPS) is 15.7. The molecule has 1 fully saturated rings. The van der Waals surface area contributed by atoms with Gasteiger partial charge in [-0.1, -0.05) is 12.1 Å². The molecule has 0 aliphatic carbocycles. The Labute approximate surface area is 102 Å². The highest BCUT2D eigenvalue weighted by Gasteiger charge is 2.11. The fourth-order valence-electron chi connectivity index (χ4n) is 1.98. The van der Waals surface area contributed by atoms with Crippen LogP contribution in [0.3, 0.4) is 0 Å². The molecule has 92 valence electrons. The number of hydrogen-bond donors (Lipinski definition) is 2. The average molecular weight is 233 g/mol. The summed E-state index contributed by atoms with van der Waals surface area (Å²) in [6.07, 6.45) is 4.37. The molecule has 4 heteroatoms. The first-order valence-corrected chi connectivity index (χ1v) is 6.12. The summed E-state index contributed by atoms with van der Waals surface area (Å²) in [6.45, 7) is 2.94. The zero-order valence-corrected chi connectivity index (χ0v) is 9.97. The molecule has 1 heterocycles. The third-order valence-electron chi connectivity index (χ3n) is 2.89. The van der Waals surface area contributed by atoms with Crippen molar-refractivity contribution < 1.29 is 5.11 Å². The van der Waals surface area contributed by atoms with E-state index in [4.69, 9.17) is 5.11 Å². The number of nitrogens with one attached hydrogen (secondary N) is 1. The molecule has 0 amide bonds. The van der Waals surface area contributed by atoms with Crippen molar-refractivity contribution in [1.29, 1.82) is 0 Å². The lowest BCUT2D eigenvalue weighted by Crippen LogP contribution is -2.17. The number of nitrogens with zero attached hydrogens (tertiary/aromatic N) is 2. The molecule has 2 N–H and O–H groups in total. The zero-order chi connectivity index (χ0) is 11.9. The third kappa shape index (κ3) is 3.46. The van der Waals surface area contributed by atoms with Crippen LogP contribution in [0.25, 0.3) is 0 Å². The second-order valence-electron chi connectivity index (χ2n) is 4.18. The van der Waals surface area contributed by atoms with Crippen molar-refractivity contribution >= 4 is 11.9 Å². The number of hydrogen-bond acceptors (Lipinski definition) is 4. The highest BCUT2D eigenvalue weighted by molar-refractivity contribution is 5.80. The Morgan fingerprint density at radius 3 is 2.59 bits per heavy atom. The van der Waals surface area contributed by atoms with E-state index in [0.29, 0.717) is 6.54 Å². The van der Waals surface area contributed by atoms with Gasteiger partial charge in [0, 0.05) is 18.8 Å². The monoisotopic (exact) mass is 233 g/mol. The van der Waals surface area contributed by atoms with E-state index in [2.05, 4.69) is 39.7 Å². The average Bonchev–Trinajstić information content (AvgIpc) is 2.89. The fraction of sp³-hybridized carbons (Fsp3) is 0.462. The predicted molar refractivity (Wildman–Crippen MR) is 70.6 cm³/mol. The minimum absolute atomic E-state index is 0.102. The van der Waals surface area contributed by atoms with Crippen molar-refractivity contribution in [3.63, 3.8) is 0 Å². The van der Waals surface area contributed by atoms with Crippen molar-refractivity contribution in [3.05, 3.63) is 29.8 Å². The Morgan fingerprint density at radius 1 is 1.24 bits per heavy atom. The van der Waals surface area contributed by atoms with Gasteiger partial charge >= 0.3 is 0 Å². The summed E-state index contributed by atoms with van der Waals surface area (Å²) in [4.78, 5) is 2.41. The van der Waals surface area contributed by atoms with Gasteiger partial charge in [-0.15, -0.1) is 0 Å². The first-order chi connectivity index (χ1) is 8.40. The van der Waals surface area contributed by atoms with Gasteiger partial charge in [0.2, 0.25) is 0 Å². The summed E-state index contributed by atoms with van der Waals surface area (Å²) in [5.74, 6) is 0. The van der Waals surface area contributed by atoms with Crippen LogP contribution in [-0.2, 0) is 0 Å². The highest BCUT2D eigenvalue weighted by atomic mass is 16.3. The summed E-state index contributed by atoms with van der Waals surface area (Å²) in [7, 11) is 0. The van der Waals surface area contributed by atoms with Crippen molar-refractivity contribution in [2.45, 2.75) is 12.8 Å². The van der Waals surface area contributed by atoms with Gasteiger partial charge in [0.05, 0.1) is 19.4 Å². The molecule has 1 aromatic carbocycles. The SMILES string of the molecule is OCCNN=Cc1ccc(N2CCCC2)cc1. The van der Waals surface area contributed by atoms with E-state index < -0.39 is 0 Å². The molecule has 0 bridgehead atoms. The van der Waals surface area contributed by atoms with Crippen LogP contribution in [0.1, 0.15) is 18.4 Å². The molecule has 0 spiro atoms. The molecule has 1 aromatic rings. The van der Waals surface area contributed by atoms with Gasteiger partial charge in [0.25, 0.3) is 0 Å². The van der Waals surface area contributed by atoms with Gasteiger partial charge in [0.15, 0.2) is 0 Å². The third-order valence-corrected chi connectivity index (χ3v) is 2.89. The van der Waals surface area contributed by atoms with E-state index in [0.717, 1.165) is 5.56 Å². The van der Waals surface area contributed by atoms with Gasteiger partial charge in [-0.25, -0.2) is 0 Å². The van der Waals surface area contributed by atoms with E-state index in [1.807, 2.05) is 0 Å². The minimum Gasteiger partial charge on any atom is -0.394 e. The molecular formula is C13H19N3O. The molecule has 0 unspecified atom stereocenters. The number of rotatable bonds is 5. The lowest BCUT2D eigenvalue weighted by molar-refractivity contribution is 0.294. The molecule has 1 aliphatic rings. The Balaban J connectivity index is 1.90. The van der Waals surface area contributed by atoms with Gasteiger partial charge in [0.1, 0.15) is 0 Å². The Morgan fingerprint density at radius 2 is 1.94 bits per heavy atom. The Hall–Kier alpha value is -1.55.